The maximum absolute atomic E-state index is 13.7. The Kier molecular flexibility index (Phi) is 6.06. The van der Waals surface area contributed by atoms with E-state index < -0.39 is 23.9 Å². The van der Waals surface area contributed by atoms with E-state index in [0.29, 0.717) is 5.69 Å². The summed E-state index contributed by atoms with van der Waals surface area (Å²) in [6.07, 6.45) is -1.05. The molecule has 0 aliphatic carbocycles. The maximum atomic E-state index is 13.7. The van der Waals surface area contributed by atoms with Gasteiger partial charge in [-0.25, -0.2) is 13.6 Å². The van der Waals surface area contributed by atoms with E-state index in [1.165, 1.54) is 22.9 Å². The molecule has 0 bridgehead atoms. The number of ether oxygens (including phenoxy) is 1. The summed E-state index contributed by atoms with van der Waals surface area (Å²) in [5.41, 5.74) is 1.18. The Morgan fingerprint density at radius 3 is 2.56 bits per heavy atom. The van der Waals surface area contributed by atoms with Crippen LogP contribution in [0, 0.1) is 11.6 Å². The van der Waals surface area contributed by atoms with Gasteiger partial charge in [-0.1, -0.05) is 30.3 Å². The van der Waals surface area contributed by atoms with Crippen LogP contribution in [0.2, 0.25) is 0 Å². The molecule has 2 amide bonds. The number of amides is 2. The highest BCUT2D eigenvalue weighted by atomic mass is 19.2. The molecule has 0 saturated carbocycles. The number of imidazole rings is 1. The Hall–Kier alpha value is -3.50. The van der Waals surface area contributed by atoms with E-state index in [0.717, 1.165) is 17.7 Å². The number of aromatic nitrogens is 2. The lowest BCUT2D eigenvalue weighted by Crippen LogP contribution is -2.49. The minimum Gasteiger partial charge on any atom is -0.425 e. The van der Waals surface area contributed by atoms with E-state index in [9.17, 15) is 18.7 Å². The summed E-state index contributed by atoms with van der Waals surface area (Å²) in [5.74, 6) is -1.88. The molecular formula is C22H22F2N4O4. The van der Waals surface area contributed by atoms with E-state index in [4.69, 9.17) is 9.84 Å². The van der Waals surface area contributed by atoms with Crippen LogP contribution in [0.4, 0.5) is 19.4 Å². The fraction of sp³-hybridized carbons (Fsp3) is 0.273. The first-order valence-corrected chi connectivity index (χ1v) is 10.0. The molecule has 1 atom stereocenters. The average Bonchev–Trinajstić information content (AvgIpc) is 3.13. The molecule has 1 unspecified atom stereocenters. The first-order valence-electron chi connectivity index (χ1n) is 10.0. The number of carbonyl (C=O) groups excluding carboxylic acids is 1. The smallest absolute Gasteiger partial charge is 0.327 e. The third-order valence-corrected chi connectivity index (χ3v) is 5.18. The van der Waals surface area contributed by atoms with Crippen LogP contribution in [0.5, 0.6) is 11.8 Å². The molecule has 4 rings (SSSR count). The van der Waals surface area contributed by atoms with E-state index in [1.807, 2.05) is 30.3 Å². The quantitative estimate of drug-likeness (QED) is 0.584. The van der Waals surface area contributed by atoms with Crippen LogP contribution in [0.3, 0.4) is 0 Å². The molecule has 32 heavy (non-hydrogen) atoms. The van der Waals surface area contributed by atoms with Crippen molar-refractivity contribution in [1.82, 2.24) is 14.5 Å². The molecule has 0 fully saturated rings. The minimum absolute atomic E-state index is 0.00701. The Morgan fingerprint density at radius 1 is 1.12 bits per heavy atom. The maximum Gasteiger partial charge on any atom is 0.327 e. The van der Waals surface area contributed by atoms with Crippen LogP contribution in [0.1, 0.15) is 23.9 Å². The van der Waals surface area contributed by atoms with Crippen molar-refractivity contribution in [1.29, 1.82) is 0 Å². The Morgan fingerprint density at radius 2 is 1.88 bits per heavy atom. The van der Waals surface area contributed by atoms with Crippen molar-refractivity contribution in [3.8, 4) is 11.8 Å². The van der Waals surface area contributed by atoms with Crippen molar-refractivity contribution in [3.05, 3.63) is 71.4 Å². The number of nitrogens with zero attached hydrogens (tertiary/aromatic N) is 4. The zero-order valence-electron chi connectivity index (χ0n) is 17.3. The van der Waals surface area contributed by atoms with Crippen LogP contribution in [-0.2, 0) is 6.54 Å². The number of carbonyl (C=O) groups is 1. The second-order valence-electron chi connectivity index (χ2n) is 7.34. The molecule has 8 nitrogen and oxygen atoms in total. The van der Waals surface area contributed by atoms with Crippen LogP contribution in [0.15, 0.2) is 48.5 Å². The summed E-state index contributed by atoms with van der Waals surface area (Å²) >= 11 is 0. The zero-order chi connectivity index (χ0) is 22.8. The predicted molar refractivity (Wildman–Crippen MR) is 111 cm³/mol. The topological polar surface area (TPSA) is 91.1 Å². The number of urea groups is 1. The largest absolute Gasteiger partial charge is 0.425 e. The van der Waals surface area contributed by atoms with Gasteiger partial charge in [0.2, 0.25) is 0 Å². The van der Waals surface area contributed by atoms with E-state index >= 15 is 0 Å². The molecule has 0 spiro atoms. The van der Waals surface area contributed by atoms with Crippen molar-refractivity contribution in [2.24, 2.45) is 0 Å². The minimum atomic E-state index is -1.33. The van der Waals surface area contributed by atoms with E-state index in [2.05, 4.69) is 4.98 Å². The summed E-state index contributed by atoms with van der Waals surface area (Å²) in [6.45, 7) is 0.242. The lowest BCUT2D eigenvalue weighted by atomic mass is 10.2. The fourth-order valence-electron chi connectivity index (χ4n) is 3.57. The summed E-state index contributed by atoms with van der Waals surface area (Å²) in [4.78, 5) is 19.6. The monoisotopic (exact) mass is 444 g/mol. The number of aliphatic hydroxyl groups is 2. The summed E-state index contributed by atoms with van der Waals surface area (Å²) in [6, 6.07) is 12.0. The lowest BCUT2D eigenvalue weighted by Gasteiger charge is -2.36. The number of benzene rings is 2. The highest BCUT2D eigenvalue weighted by Gasteiger charge is 2.40. The van der Waals surface area contributed by atoms with Gasteiger partial charge < -0.3 is 14.9 Å². The summed E-state index contributed by atoms with van der Waals surface area (Å²) in [5, 5.41) is 20.2. The number of anilines is 1. The van der Waals surface area contributed by atoms with Crippen molar-refractivity contribution >= 4 is 11.8 Å². The Bertz CT molecular complexity index is 1120. The molecule has 2 N–H and O–H groups in total. The highest BCUT2D eigenvalue weighted by Crippen LogP contribution is 2.39. The molecule has 1 aromatic heterocycles. The number of hydrogen-bond acceptors (Lipinski definition) is 5. The van der Waals surface area contributed by atoms with Crippen molar-refractivity contribution in [2.75, 3.05) is 25.1 Å². The molecule has 1 aliphatic heterocycles. The van der Waals surface area contributed by atoms with Gasteiger partial charge in [-0.05, 0) is 24.1 Å². The molecule has 1 aliphatic rings. The molecule has 0 radical (unpaired) electrons. The standard InChI is InChI=1S/C22H22F2N4O4/c1-26-19-18(20(30)27(22(26)31)10-5-11-29)28(13-14-6-3-2-4-7-14)21(25-19)32-15-8-9-16(23)17(24)12-15/h2-4,6-9,12,20,29-30H,5,10-11,13H2,1H3. The van der Waals surface area contributed by atoms with Gasteiger partial charge in [-0.15, -0.1) is 0 Å². The molecular weight excluding hydrogens is 422 g/mol. The van der Waals surface area contributed by atoms with Gasteiger partial charge >= 0.3 is 12.0 Å². The molecule has 3 aromatic rings. The normalized spacial score (nSPS) is 15.8. The average molecular weight is 444 g/mol. The van der Waals surface area contributed by atoms with Crippen molar-refractivity contribution in [3.63, 3.8) is 0 Å². The lowest BCUT2D eigenvalue weighted by molar-refractivity contribution is 0.0189. The third kappa shape index (κ3) is 4.02. The molecule has 10 heteroatoms. The highest BCUT2D eigenvalue weighted by molar-refractivity contribution is 5.93. The van der Waals surface area contributed by atoms with E-state index in [-0.39, 0.29) is 43.7 Å². The fourth-order valence-corrected chi connectivity index (χ4v) is 3.57. The second kappa shape index (κ2) is 8.93. The van der Waals surface area contributed by atoms with Gasteiger partial charge in [0.1, 0.15) is 11.4 Å². The molecule has 2 heterocycles. The molecule has 0 saturated heterocycles. The predicted octanol–water partition coefficient (Wildman–Crippen LogP) is 3.25. The van der Waals surface area contributed by atoms with Gasteiger partial charge in [0.25, 0.3) is 0 Å². The summed E-state index contributed by atoms with van der Waals surface area (Å²) < 4.78 is 34.4. The van der Waals surface area contributed by atoms with Gasteiger partial charge in [0, 0.05) is 26.3 Å². The van der Waals surface area contributed by atoms with Gasteiger partial charge in [-0.3, -0.25) is 14.4 Å². The van der Waals surface area contributed by atoms with Crippen LogP contribution < -0.4 is 9.64 Å². The number of hydrogen-bond donors (Lipinski definition) is 2. The first-order chi connectivity index (χ1) is 15.4. The van der Waals surface area contributed by atoms with Crippen LogP contribution in [-0.4, -0.2) is 50.9 Å². The number of fused-ring (bicyclic) bond motifs is 1. The van der Waals surface area contributed by atoms with Crippen LogP contribution >= 0.6 is 0 Å². The SMILES string of the molecule is CN1C(=O)N(CCCO)C(O)c2c1nc(Oc1ccc(F)c(F)c1)n2Cc1ccccc1. The Labute approximate surface area is 182 Å². The number of aliphatic hydroxyl groups excluding tert-OH is 2. The number of halogens is 2. The van der Waals surface area contributed by atoms with Crippen molar-refractivity contribution in [2.45, 2.75) is 19.2 Å². The molecule has 2 aromatic carbocycles. The first kappa shape index (κ1) is 21.7. The third-order valence-electron chi connectivity index (χ3n) is 5.18. The van der Waals surface area contributed by atoms with Gasteiger partial charge in [-0.2, -0.15) is 4.98 Å². The second-order valence-corrected chi connectivity index (χ2v) is 7.34. The van der Waals surface area contributed by atoms with Gasteiger partial charge in [0.15, 0.2) is 23.7 Å². The zero-order valence-corrected chi connectivity index (χ0v) is 17.3. The summed E-state index contributed by atoms with van der Waals surface area (Å²) in [7, 11) is 1.51. The number of rotatable bonds is 7. The molecule has 168 valence electrons. The van der Waals surface area contributed by atoms with Crippen molar-refractivity contribution < 1.29 is 28.5 Å². The van der Waals surface area contributed by atoms with Crippen LogP contribution in [0.25, 0.3) is 0 Å². The van der Waals surface area contributed by atoms with Gasteiger partial charge in [0.05, 0.1) is 6.54 Å². The Balaban J connectivity index is 1.80. The van der Waals surface area contributed by atoms with E-state index in [1.54, 1.807) is 4.57 Å².